The van der Waals surface area contributed by atoms with Gasteiger partial charge in [0.15, 0.2) is 0 Å². The minimum Gasteiger partial charge on any atom is -0.386 e. The summed E-state index contributed by atoms with van der Waals surface area (Å²) in [6.45, 7) is 3.86. The molecule has 0 unspecified atom stereocenters. The van der Waals surface area contributed by atoms with E-state index in [1.54, 1.807) is 6.92 Å². The normalized spacial score (nSPS) is 15.9. The van der Waals surface area contributed by atoms with Gasteiger partial charge < -0.3 is 4.74 Å². The van der Waals surface area contributed by atoms with Crippen LogP contribution in [0.25, 0.3) is 0 Å². The van der Waals surface area contributed by atoms with E-state index in [4.69, 9.17) is 0 Å². The van der Waals surface area contributed by atoms with Crippen molar-refractivity contribution in [3.63, 3.8) is 0 Å². The molecule has 0 saturated heterocycles. The van der Waals surface area contributed by atoms with Crippen LogP contribution in [0.1, 0.15) is 58.8 Å². The molecule has 0 bridgehead atoms. The van der Waals surface area contributed by atoms with Gasteiger partial charge in [0.25, 0.3) is 0 Å². The van der Waals surface area contributed by atoms with Crippen molar-refractivity contribution in [2.75, 3.05) is 0 Å². The van der Waals surface area contributed by atoms with E-state index in [9.17, 15) is 9.59 Å². The average molecular weight is 224 g/mol. The molecule has 0 N–H and O–H groups in total. The van der Waals surface area contributed by atoms with Gasteiger partial charge >= 0.3 is 11.9 Å². The maximum absolute atomic E-state index is 11.3. The Hall–Kier alpha value is -1.12. The zero-order valence-electron chi connectivity index (χ0n) is 10.2. The SMILES string of the molecule is CCCCCCCCC1=C(C)C(=O)OC1=O. The van der Waals surface area contributed by atoms with Crippen molar-refractivity contribution < 1.29 is 14.3 Å². The van der Waals surface area contributed by atoms with E-state index < -0.39 is 11.9 Å². The van der Waals surface area contributed by atoms with Crippen molar-refractivity contribution >= 4 is 11.9 Å². The molecule has 0 radical (unpaired) electrons. The molecule has 3 heteroatoms. The highest BCUT2D eigenvalue weighted by Crippen LogP contribution is 2.22. The first-order chi connectivity index (χ1) is 7.66. The summed E-state index contributed by atoms with van der Waals surface area (Å²) in [5.41, 5.74) is 1.08. The molecule has 90 valence electrons. The Morgan fingerprint density at radius 3 is 2.12 bits per heavy atom. The van der Waals surface area contributed by atoms with Gasteiger partial charge in [0, 0.05) is 11.1 Å². The molecule has 1 rings (SSSR count). The van der Waals surface area contributed by atoms with Crippen LogP contribution in [0.4, 0.5) is 0 Å². The second kappa shape index (κ2) is 6.46. The first-order valence-electron chi connectivity index (χ1n) is 6.13. The summed E-state index contributed by atoms with van der Waals surface area (Å²) in [6, 6.07) is 0. The van der Waals surface area contributed by atoms with E-state index in [1.165, 1.54) is 25.7 Å². The Morgan fingerprint density at radius 2 is 1.56 bits per heavy atom. The quantitative estimate of drug-likeness (QED) is 0.379. The Bertz CT molecular complexity index is 302. The number of cyclic esters (lactones) is 2. The van der Waals surface area contributed by atoms with Gasteiger partial charge in [0.05, 0.1) is 0 Å². The molecule has 0 aromatic heterocycles. The van der Waals surface area contributed by atoms with Gasteiger partial charge in [-0.25, -0.2) is 9.59 Å². The molecule has 0 fully saturated rings. The lowest BCUT2D eigenvalue weighted by molar-refractivity contribution is -0.151. The molecular formula is C13H20O3. The van der Waals surface area contributed by atoms with Gasteiger partial charge in [-0.2, -0.15) is 0 Å². The predicted molar refractivity (Wildman–Crippen MR) is 61.8 cm³/mol. The van der Waals surface area contributed by atoms with Crippen LogP contribution in [0.2, 0.25) is 0 Å². The fourth-order valence-electron chi connectivity index (χ4n) is 1.87. The summed E-state index contributed by atoms with van der Waals surface area (Å²) in [6.07, 6.45) is 7.77. The molecule has 1 aliphatic heterocycles. The predicted octanol–water partition coefficient (Wildman–Crippen LogP) is 3.14. The summed E-state index contributed by atoms with van der Waals surface area (Å²) < 4.78 is 4.53. The smallest absolute Gasteiger partial charge is 0.342 e. The third-order valence-electron chi connectivity index (χ3n) is 2.97. The van der Waals surface area contributed by atoms with Crippen molar-refractivity contribution in [3.05, 3.63) is 11.1 Å². The summed E-state index contributed by atoms with van der Waals surface area (Å²) in [5, 5.41) is 0. The summed E-state index contributed by atoms with van der Waals surface area (Å²) in [4.78, 5) is 22.3. The molecule has 1 aliphatic rings. The van der Waals surface area contributed by atoms with E-state index in [-0.39, 0.29) is 0 Å². The van der Waals surface area contributed by atoms with Crippen molar-refractivity contribution in [2.24, 2.45) is 0 Å². The maximum atomic E-state index is 11.3. The number of carbonyl (C=O) groups is 2. The van der Waals surface area contributed by atoms with Gasteiger partial charge in [-0.1, -0.05) is 39.0 Å². The second-order valence-electron chi connectivity index (χ2n) is 4.30. The fourth-order valence-corrected chi connectivity index (χ4v) is 1.87. The lowest BCUT2D eigenvalue weighted by Gasteiger charge is -2.00. The lowest BCUT2D eigenvalue weighted by atomic mass is 10.0. The molecule has 0 aromatic carbocycles. The van der Waals surface area contributed by atoms with Crippen molar-refractivity contribution in [1.82, 2.24) is 0 Å². The van der Waals surface area contributed by atoms with E-state index in [2.05, 4.69) is 11.7 Å². The highest BCUT2D eigenvalue weighted by molar-refractivity contribution is 6.11. The number of rotatable bonds is 7. The molecule has 16 heavy (non-hydrogen) atoms. The van der Waals surface area contributed by atoms with Crippen LogP contribution in [0.3, 0.4) is 0 Å². The summed E-state index contributed by atoms with van der Waals surface area (Å²) in [5.74, 6) is -0.901. The molecule has 0 saturated carbocycles. The topological polar surface area (TPSA) is 43.4 Å². The van der Waals surface area contributed by atoms with Crippen LogP contribution in [-0.4, -0.2) is 11.9 Å². The van der Waals surface area contributed by atoms with Crippen molar-refractivity contribution in [1.29, 1.82) is 0 Å². The number of hydrogen-bond donors (Lipinski definition) is 0. The van der Waals surface area contributed by atoms with Crippen molar-refractivity contribution in [3.8, 4) is 0 Å². The third kappa shape index (κ3) is 3.47. The van der Waals surface area contributed by atoms with Crippen LogP contribution in [-0.2, 0) is 14.3 Å². The molecule has 0 aromatic rings. The van der Waals surface area contributed by atoms with E-state index in [1.807, 2.05) is 0 Å². The van der Waals surface area contributed by atoms with Gasteiger partial charge in [-0.15, -0.1) is 0 Å². The average Bonchev–Trinajstić information content (AvgIpc) is 2.49. The zero-order valence-corrected chi connectivity index (χ0v) is 10.2. The lowest BCUT2D eigenvalue weighted by Crippen LogP contribution is -2.01. The van der Waals surface area contributed by atoms with Gasteiger partial charge in [0.2, 0.25) is 0 Å². The second-order valence-corrected chi connectivity index (χ2v) is 4.30. The number of esters is 2. The van der Waals surface area contributed by atoms with E-state index >= 15 is 0 Å². The Balaban J connectivity index is 2.22. The first-order valence-corrected chi connectivity index (χ1v) is 6.13. The van der Waals surface area contributed by atoms with Crippen LogP contribution >= 0.6 is 0 Å². The minimum absolute atomic E-state index is 0.434. The highest BCUT2D eigenvalue weighted by Gasteiger charge is 2.28. The van der Waals surface area contributed by atoms with Crippen LogP contribution in [0.5, 0.6) is 0 Å². The van der Waals surface area contributed by atoms with Crippen LogP contribution in [0.15, 0.2) is 11.1 Å². The standard InChI is InChI=1S/C13H20O3/c1-3-4-5-6-7-8-9-11-10(2)12(14)16-13(11)15/h3-9H2,1-2H3. The number of ether oxygens (including phenoxy) is 1. The minimum atomic E-state index is -0.467. The first kappa shape index (κ1) is 12.9. The van der Waals surface area contributed by atoms with Crippen molar-refractivity contribution in [2.45, 2.75) is 58.8 Å². The fraction of sp³-hybridized carbons (Fsp3) is 0.692. The van der Waals surface area contributed by atoms with E-state index in [0.717, 1.165) is 12.8 Å². The highest BCUT2D eigenvalue weighted by atomic mass is 16.6. The monoisotopic (exact) mass is 224 g/mol. The Labute approximate surface area is 96.9 Å². The maximum Gasteiger partial charge on any atom is 0.342 e. The molecule has 3 nitrogen and oxygen atoms in total. The molecule has 0 atom stereocenters. The van der Waals surface area contributed by atoms with Crippen LogP contribution < -0.4 is 0 Å². The number of unbranched alkanes of at least 4 members (excludes halogenated alkanes) is 5. The summed E-state index contributed by atoms with van der Waals surface area (Å²) in [7, 11) is 0. The molecule has 0 amide bonds. The van der Waals surface area contributed by atoms with Gasteiger partial charge in [0.1, 0.15) is 0 Å². The molecule has 0 aliphatic carbocycles. The molecule has 0 spiro atoms. The number of carbonyl (C=O) groups excluding carboxylic acids is 2. The Morgan fingerprint density at radius 1 is 0.938 bits per heavy atom. The van der Waals surface area contributed by atoms with Gasteiger partial charge in [-0.3, -0.25) is 0 Å². The molecule has 1 heterocycles. The Kier molecular flexibility index (Phi) is 5.23. The van der Waals surface area contributed by atoms with E-state index in [0.29, 0.717) is 17.6 Å². The van der Waals surface area contributed by atoms with Crippen LogP contribution in [0, 0.1) is 0 Å². The summed E-state index contributed by atoms with van der Waals surface area (Å²) >= 11 is 0. The third-order valence-corrected chi connectivity index (χ3v) is 2.97. The molecular weight excluding hydrogens is 204 g/mol. The zero-order chi connectivity index (χ0) is 12.0. The number of hydrogen-bond acceptors (Lipinski definition) is 3. The van der Waals surface area contributed by atoms with Gasteiger partial charge in [-0.05, 0) is 19.8 Å². The largest absolute Gasteiger partial charge is 0.386 e.